The van der Waals surface area contributed by atoms with Gasteiger partial charge in [0.25, 0.3) is 0 Å². The molecule has 0 atom stereocenters. The summed E-state index contributed by atoms with van der Waals surface area (Å²) in [6, 6.07) is 3.28. The smallest absolute Gasteiger partial charge is 0.200 e. The predicted molar refractivity (Wildman–Crippen MR) is 139 cm³/mol. The van der Waals surface area contributed by atoms with E-state index in [1.54, 1.807) is 19.1 Å². The van der Waals surface area contributed by atoms with E-state index in [1.807, 2.05) is 0 Å². The molecule has 0 unspecified atom stereocenters. The fourth-order valence-electron chi connectivity index (χ4n) is 7.07. The molecule has 3 saturated carbocycles. The van der Waals surface area contributed by atoms with Gasteiger partial charge in [0, 0.05) is 6.61 Å². The SMILES string of the molecule is C=CCCC1CCC(C2CCC(COC3CCC(c4ccc(OCC)c(F)c4F)CC3)CC2)CC1. The van der Waals surface area contributed by atoms with Crippen molar-refractivity contribution < 1.29 is 18.3 Å². The van der Waals surface area contributed by atoms with Crippen LogP contribution in [-0.2, 0) is 4.74 Å². The first-order valence-corrected chi connectivity index (χ1v) is 14.4. The molecule has 0 amide bonds. The van der Waals surface area contributed by atoms with E-state index in [1.165, 1.54) is 64.2 Å². The average molecular weight is 489 g/mol. The zero-order valence-corrected chi connectivity index (χ0v) is 21.8. The highest BCUT2D eigenvalue weighted by atomic mass is 19.2. The van der Waals surface area contributed by atoms with E-state index >= 15 is 0 Å². The Balaban J connectivity index is 1.14. The number of hydrogen-bond donors (Lipinski definition) is 0. The van der Waals surface area contributed by atoms with Crippen molar-refractivity contribution in [2.75, 3.05) is 13.2 Å². The summed E-state index contributed by atoms with van der Waals surface area (Å²) >= 11 is 0. The highest BCUT2D eigenvalue weighted by Crippen LogP contribution is 2.43. The summed E-state index contributed by atoms with van der Waals surface area (Å²) in [7, 11) is 0. The van der Waals surface area contributed by atoms with E-state index < -0.39 is 11.6 Å². The zero-order chi connectivity index (χ0) is 24.6. The van der Waals surface area contributed by atoms with Gasteiger partial charge in [-0.05, 0) is 125 Å². The summed E-state index contributed by atoms with van der Waals surface area (Å²) in [4.78, 5) is 0. The molecule has 4 rings (SSSR count). The molecule has 196 valence electrons. The van der Waals surface area contributed by atoms with Crippen LogP contribution in [0.25, 0.3) is 0 Å². The second-order valence-electron chi connectivity index (χ2n) is 11.4. The summed E-state index contributed by atoms with van der Waals surface area (Å²) in [6.07, 6.45) is 19.6. The van der Waals surface area contributed by atoms with Gasteiger partial charge in [-0.25, -0.2) is 4.39 Å². The van der Waals surface area contributed by atoms with Gasteiger partial charge in [-0.2, -0.15) is 4.39 Å². The maximum atomic E-state index is 14.6. The molecule has 0 spiro atoms. The van der Waals surface area contributed by atoms with E-state index in [4.69, 9.17) is 9.47 Å². The van der Waals surface area contributed by atoms with E-state index in [0.29, 0.717) is 18.1 Å². The molecule has 0 heterocycles. The first kappa shape index (κ1) is 26.6. The Morgan fingerprint density at radius 2 is 1.46 bits per heavy atom. The summed E-state index contributed by atoms with van der Waals surface area (Å²) < 4.78 is 40.4. The van der Waals surface area contributed by atoms with Crippen molar-refractivity contribution in [2.45, 2.75) is 109 Å². The Morgan fingerprint density at radius 3 is 2.06 bits per heavy atom. The van der Waals surface area contributed by atoms with Gasteiger partial charge >= 0.3 is 0 Å². The second-order valence-corrected chi connectivity index (χ2v) is 11.4. The monoisotopic (exact) mass is 488 g/mol. The quantitative estimate of drug-likeness (QED) is 0.306. The minimum absolute atomic E-state index is 0.0108. The normalized spacial score (nSPS) is 31.7. The molecule has 2 nitrogen and oxygen atoms in total. The minimum Gasteiger partial charge on any atom is -0.491 e. The van der Waals surface area contributed by atoms with Gasteiger partial charge in [0.05, 0.1) is 12.7 Å². The lowest BCUT2D eigenvalue weighted by Crippen LogP contribution is -2.29. The zero-order valence-electron chi connectivity index (χ0n) is 21.8. The van der Waals surface area contributed by atoms with Crippen LogP contribution >= 0.6 is 0 Å². The molecule has 1 aromatic carbocycles. The molecular weight excluding hydrogens is 442 g/mol. The Morgan fingerprint density at radius 1 is 0.829 bits per heavy atom. The average Bonchev–Trinajstić information content (AvgIpc) is 2.90. The lowest BCUT2D eigenvalue weighted by Gasteiger charge is -2.38. The topological polar surface area (TPSA) is 18.5 Å². The standard InChI is InChI=1S/C31H46F2O2/c1-3-5-6-22-7-11-24(12-8-22)25-13-9-23(10-14-25)21-35-27-17-15-26(16-18-27)28-19-20-29(34-4-2)31(33)30(28)32/h3,19-20,22-27H,1,4-18,21H2,2H3. The molecule has 0 bridgehead atoms. The van der Waals surface area contributed by atoms with Crippen molar-refractivity contribution in [1.82, 2.24) is 0 Å². The molecular formula is C31H46F2O2. The van der Waals surface area contributed by atoms with Crippen molar-refractivity contribution >= 4 is 0 Å². The Hall–Kier alpha value is -1.42. The molecule has 0 N–H and O–H groups in total. The van der Waals surface area contributed by atoms with Crippen LogP contribution in [0.2, 0.25) is 0 Å². The largest absolute Gasteiger partial charge is 0.491 e. The maximum Gasteiger partial charge on any atom is 0.200 e. The van der Waals surface area contributed by atoms with Crippen LogP contribution < -0.4 is 4.74 Å². The number of hydrogen-bond acceptors (Lipinski definition) is 2. The van der Waals surface area contributed by atoms with E-state index in [9.17, 15) is 8.78 Å². The van der Waals surface area contributed by atoms with Crippen molar-refractivity contribution in [2.24, 2.45) is 23.7 Å². The number of ether oxygens (including phenoxy) is 2. The molecule has 0 saturated heterocycles. The Kier molecular flexibility index (Phi) is 10.1. The highest BCUT2D eigenvalue weighted by Gasteiger charge is 2.32. The molecule has 0 aliphatic heterocycles. The maximum absolute atomic E-state index is 14.6. The van der Waals surface area contributed by atoms with Crippen molar-refractivity contribution in [1.29, 1.82) is 0 Å². The van der Waals surface area contributed by atoms with Gasteiger partial charge in [0.2, 0.25) is 5.82 Å². The van der Waals surface area contributed by atoms with E-state index in [2.05, 4.69) is 12.7 Å². The fourth-order valence-corrected chi connectivity index (χ4v) is 7.07. The predicted octanol–water partition coefficient (Wildman–Crippen LogP) is 8.99. The van der Waals surface area contributed by atoms with Gasteiger partial charge in [-0.15, -0.1) is 6.58 Å². The molecule has 4 heteroatoms. The van der Waals surface area contributed by atoms with Gasteiger partial charge < -0.3 is 9.47 Å². The van der Waals surface area contributed by atoms with Crippen LogP contribution in [0.4, 0.5) is 8.78 Å². The summed E-state index contributed by atoms with van der Waals surface area (Å²) in [6.45, 7) is 6.86. The van der Waals surface area contributed by atoms with Crippen LogP contribution in [0.15, 0.2) is 24.8 Å². The molecule has 3 fully saturated rings. The molecule has 0 aromatic heterocycles. The number of halogens is 2. The summed E-state index contributed by atoms with van der Waals surface area (Å²) in [5, 5.41) is 0. The van der Waals surface area contributed by atoms with Crippen LogP contribution in [0.3, 0.4) is 0 Å². The Labute approximate surface area is 211 Å². The van der Waals surface area contributed by atoms with Crippen molar-refractivity contribution in [3.8, 4) is 5.75 Å². The van der Waals surface area contributed by atoms with E-state index in [0.717, 1.165) is 50.0 Å². The van der Waals surface area contributed by atoms with Gasteiger partial charge in [0.1, 0.15) is 0 Å². The van der Waals surface area contributed by atoms with Gasteiger partial charge in [-0.1, -0.05) is 25.0 Å². The minimum atomic E-state index is -0.848. The van der Waals surface area contributed by atoms with Gasteiger partial charge in [0.15, 0.2) is 11.6 Å². The van der Waals surface area contributed by atoms with Crippen LogP contribution in [0.1, 0.15) is 108 Å². The fraction of sp³-hybridized carbons (Fsp3) is 0.742. The first-order chi connectivity index (χ1) is 17.1. The van der Waals surface area contributed by atoms with Crippen LogP contribution in [-0.4, -0.2) is 19.3 Å². The highest BCUT2D eigenvalue weighted by molar-refractivity contribution is 5.33. The third kappa shape index (κ3) is 7.08. The van der Waals surface area contributed by atoms with Crippen LogP contribution in [0.5, 0.6) is 5.75 Å². The third-order valence-corrected chi connectivity index (χ3v) is 9.29. The molecule has 1 aromatic rings. The van der Waals surface area contributed by atoms with E-state index in [-0.39, 0.29) is 17.8 Å². The van der Waals surface area contributed by atoms with Crippen molar-refractivity contribution in [3.63, 3.8) is 0 Å². The third-order valence-electron chi connectivity index (χ3n) is 9.29. The first-order valence-electron chi connectivity index (χ1n) is 14.4. The molecule has 0 radical (unpaired) electrons. The Bertz CT molecular complexity index is 785. The van der Waals surface area contributed by atoms with Crippen molar-refractivity contribution in [3.05, 3.63) is 42.0 Å². The second kappa shape index (κ2) is 13.2. The lowest BCUT2D eigenvalue weighted by molar-refractivity contribution is -0.00790. The van der Waals surface area contributed by atoms with Crippen LogP contribution in [0, 0.1) is 35.3 Å². The molecule has 35 heavy (non-hydrogen) atoms. The summed E-state index contributed by atoms with van der Waals surface area (Å²) in [5.41, 5.74) is 0.498. The number of rotatable bonds is 10. The molecule has 3 aliphatic carbocycles. The lowest BCUT2D eigenvalue weighted by atomic mass is 9.69. The summed E-state index contributed by atoms with van der Waals surface area (Å²) in [5.74, 6) is 2.03. The number of benzene rings is 1. The number of allylic oxidation sites excluding steroid dienone is 1. The van der Waals surface area contributed by atoms with Gasteiger partial charge in [-0.3, -0.25) is 0 Å². The molecule has 3 aliphatic rings.